The molecule has 0 fully saturated rings. The van der Waals surface area contributed by atoms with Crippen molar-refractivity contribution in [3.8, 4) is 39.7 Å². The number of rotatable bonds is 6. The molecule has 0 amide bonds. The molecule has 2 aromatic heterocycles. The number of methoxy groups -OCH3 is 2. The van der Waals surface area contributed by atoms with Crippen LogP contribution in [0.2, 0.25) is 0 Å². The highest BCUT2D eigenvalue weighted by Crippen LogP contribution is 2.33. The Labute approximate surface area is 197 Å². The number of imidazole rings is 2. The molecule has 0 radical (unpaired) electrons. The van der Waals surface area contributed by atoms with Crippen molar-refractivity contribution in [3.05, 3.63) is 83.0 Å². The van der Waals surface area contributed by atoms with Crippen LogP contribution in [-0.2, 0) is 6.54 Å². The van der Waals surface area contributed by atoms with E-state index in [0.717, 1.165) is 39.2 Å². The Bertz CT molecular complexity index is 1560. The maximum absolute atomic E-state index is 13.4. The van der Waals surface area contributed by atoms with Crippen molar-refractivity contribution in [3.63, 3.8) is 0 Å². The molecular weight excluding hydrogens is 428 g/mol. The fourth-order valence-electron chi connectivity index (χ4n) is 4.46. The Hall–Kier alpha value is -4.26. The number of H-pyrrole nitrogens is 1. The molecule has 3 aromatic carbocycles. The predicted octanol–water partition coefficient (Wildman–Crippen LogP) is 5.19. The molecule has 1 N–H and O–H groups in total. The van der Waals surface area contributed by atoms with Crippen molar-refractivity contribution in [2.75, 3.05) is 14.2 Å². The normalized spacial score (nSPS) is 11.2. The molecule has 0 bridgehead atoms. The Kier molecular flexibility index (Phi) is 5.45. The van der Waals surface area contributed by atoms with E-state index in [1.807, 2.05) is 49.4 Å². The van der Waals surface area contributed by atoms with Gasteiger partial charge in [0.05, 0.1) is 48.7 Å². The van der Waals surface area contributed by atoms with Gasteiger partial charge in [0.1, 0.15) is 0 Å². The van der Waals surface area contributed by atoms with Crippen LogP contribution in [0.15, 0.2) is 71.8 Å². The molecule has 0 saturated carbocycles. The van der Waals surface area contributed by atoms with Crippen molar-refractivity contribution in [1.82, 2.24) is 19.1 Å². The maximum atomic E-state index is 13.4. The second-order valence-corrected chi connectivity index (χ2v) is 8.10. The Morgan fingerprint density at radius 1 is 0.912 bits per heavy atom. The van der Waals surface area contributed by atoms with E-state index in [4.69, 9.17) is 9.47 Å². The monoisotopic (exact) mass is 454 g/mol. The SMILES string of the molecule is CCn1c(=O)n(-c2ccc(OC)c(OC)c2)c2ccc(-c3[nH]cnc3-c3cccc(C)c3)cc21. The fourth-order valence-corrected chi connectivity index (χ4v) is 4.46. The number of nitrogens with zero attached hydrogens (tertiary/aromatic N) is 3. The molecule has 5 rings (SSSR count). The van der Waals surface area contributed by atoms with Gasteiger partial charge in [-0.05, 0) is 44.2 Å². The number of fused-ring (bicyclic) bond motifs is 1. The first-order valence-corrected chi connectivity index (χ1v) is 11.1. The third kappa shape index (κ3) is 3.46. The van der Waals surface area contributed by atoms with Crippen LogP contribution in [0.3, 0.4) is 0 Å². The standard InChI is InChI=1S/C27H26N4O3/c1-5-30-22-14-19(26-25(28-16-29-26)18-8-6-7-17(2)13-18)9-11-21(22)31(27(30)32)20-10-12-23(33-3)24(15-20)34-4/h6-16H,5H2,1-4H3,(H,28,29). The first-order valence-electron chi connectivity index (χ1n) is 11.1. The van der Waals surface area contributed by atoms with Gasteiger partial charge in [-0.25, -0.2) is 9.78 Å². The summed E-state index contributed by atoms with van der Waals surface area (Å²) in [6.45, 7) is 4.59. The third-order valence-electron chi connectivity index (χ3n) is 6.09. The summed E-state index contributed by atoms with van der Waals surface area (Å²) in [5, 5.41) is 0. The topological polar surface area (TPSA) is 74.1 Å². The fraction of sp³-hybridized carbons (Fsp3) is 0.185. The van der Waals surface area contributed by atoms with Crippen molar-refractivity contribution in [2.24, 2.45) is 0 Å². The molecule has 0 unspecified atom stereocenters. The van der Waals surface area contributed by atoms with Crippen LogP contribution in [-0.4, -0.2) is 33.3 Å². The van der Waals surface area contributed by atoms with Crippen LogP contribution in [0.25, 0.3) is 39.2 Å². The lowest BCUT2D eigenvalue weighted by atomic mass is 10.0. The Morgan fingerprint density at radius 2 is 1.74 bits per heavy atom. The van der Waals surface area contributed by atoms with Crippen LogP contribution in [0.1, 0.15) is 12.5 Å². The van der Waals surface area contributed by atoms with E-state index in [2.05, 4.69) is 35.1 Å². The second-order valence-electron chi connectivity index (χ2n) is 8.10. The van der Waals surface area contributed by atoms with E-state index in [1.54, 1.807) is 29.7 Å². The quantitative estimate of drug-likeness (QED) is 0.383. The minimum atomic E-state index is -0.106. The molecule has 0 aliphatic heterocycles. The van der Waals surface area contributed by atoms with Crippen molar-refractivity contribution < 1.29 is 9.47 Å². The number of ether oxygens (including phenoxy) is 2. The Morgan fingerprint density at radius 3 is 2.47 bits per heavy atom. The van der Waals surface area contributed by atoms with Crippen molar-refractivity contribution >= 4 is 11.0 Å². The van der Waals surface area contributed by atoms with E-state index >= 15 is 0 Å². The van der Waals surface area contributed by atoms with E-state index in [9.17, 15) is 4.79 Å². The molecule has 2 heterocycles. The number of nitrogens with one attached hydrogen (secondary N) is 1. The van der Waals surface area contributed by atoms with E-state index in [0.29, 0.717) is 18.0 Å². The Balaban J connectivity index is 1.69. The minimum absolute atomic E-state index is 0.106. The molecule has 0 saturated heterocycles. The minimum Gasteiger partial charge on any atom is -0.493 e. The van der Waals surface area contributed by atoms with Gasteiger partial charge in [-0.1, -0.05) is 29.8 Å². The number of aryl methyl sites for hydroxylation is 2. The van der Waals surface area contributed by atoms with Crippen LogP contribution in [0.4, 0.5) is 0 Å². The summed E-state index contributed by atoms with van der Waals surface area (Å²) >= 11 is 0. The zero-order valence-corrected chi connectivity index (χ0v) is 19.6. The lowest BCUT2D eigenvalue weighted by Gasteiger charge is -2.10. The number of benzene rings is 3. The summed E-state index contributed by atoms with van der Waals surface area (Å²) in [4.78, 5) is 21.3. The molecule has 7 nitrogen and oxygen atoms in total. The van der Waals surface area contributed by atoms with E-state index in [1.165, 1.54) is 5.56 Å². The second kappa shape index (κ2) is 8.59. The molecule has 7 heteroatoms. The molecule has 34 heavy (non-hydrogen) atoms. The molecule has 0 aliphatic rings. The van der Waals surface area contributed by atoms with Crippen molar-refractivity contribution in [2.45, 2.75) is 20.4 Å². The highest BCUT2D eigenvalue weighted by molar-refractivity contribution is 5.87. The van der Waals surface area contributed by atoms with Gasteiger partial charge in [0.15, 0.2) is 11.5 Å². The van der Waals surface area contributed by atoms with Crippen LogP contribution < -0.4 is 15.2 Å². The highest BCUT2D eigenvalue weighted by atomic mass is 16.5. The summed E-state index contributed by atoms with van der Waals surface area (Å²) in [5.41, 5.74) is 7.27. The average Bonchev–Trinajstić information content (AvgIpc) is 3.45. The molecule has 172 valence electrons. The van der Waals surface area contributed by atoms with Gasteiger partial charge in [-0.15, -0.1) is 0 Å². The van der Waals surface area contributed by atoms with Gasteiger partial charge in [0.25, 0.3) is 0 Å². The summed E-state index contributed by atoms with van der Waals surface area (Å²) in [6.07, 6.45) is 1.71. The van der Waals surface area contributed by atoms with Crippen LogP contribution in [0.5, 0.6) is 11.5 Å². The smallest absolute Gasteiger partial charge is 0.333 e. The lowest BCUT2D eigenvalue weighted by Crippen LogP contribution is -2.22. The summed E-state index contributed by atoms with van der Waals surface area (Å²) in [5.74, 6) is 1.19. The largest absolute Gasteiger partial charge is 0.493 e. The molecule has 0 aliphatic carbocycles. The third-order valence-corrected chi connectivity index (χ3v) is 6.09. The highest BCUT2D eigenvalue weighted by Gasteiger charge is 2.18. The van der Waals surface area contributed by atoms with Crippen LogP contribution in [0, 0.1) is 6.92 Å². The zero-order chi connectivity index (χ0) is 23.8. The summed E-state index contributed by atoms with van der Waals surface area (Å²) in [6, 6.07) is 19.8. The number of hydrogen-bond donors (Lipinski definition) is 1. The van der Waals surface area contributed by atoms with Crippen LogP contribution >= 0.6 is 0 Å². The van der Waals surface area contributed by atoms with Gasteiger partial charge in [0.2, 0.25) is 0 Å². The predicted molar refractivity (Wildman–Crippen MR) is 134 cm³/mol. The van der Waals surface area contributed by atoms with Gasteiger partial charge in [-0.2, -0.15) is 0 Å². The molecule has 0 atom stereocenters. The number of aromatic nitrogens is 4. The van der Waals surface area contributed by atoms with Crippen molar-refractivity contribution in [1.29, 1.82) is 0 Å². The number of hydrogen-bond acceptors (Lipinski definition) is 4. The molecule has 0 spiro atoms. The summed E-state index contributed by atoms with van der Waals surface area (Å²) in [7, 11) is 3.18. The molecule has 5 aromatic rings. The first-order chi connectivity index (χ1) is 16.5. The van der Waals surface area contributed by atoms with E-state index in [-0.39, 0.29) is 5.69 Å². The average molecular weight is 455 g/mol. The zero-order valence-electron chi connectivity index (χ0n) is 19.6. The molecular formula is C27H26N4O3. The first kappa shape index (κ1) is 21.6. The van der Waals surface area contributed by atoms with Gasteiger partial charge >= 0.3 is 5.69 Å². The maximum Gasteiger partial charge on any atom is 0.333 e. The van der Waals surface area contributed by atoms with Gasteiger partial charge < -0.3 is 14.5 Å². The van der Waals surface area contributed by atoms with E-state index < -0.39 is 0 Å². The summed E-state index contributed by atoms with van der Waals surface area (Å²) < 4.78 is 14.3. The number of aromatic amines is 1. The lowest BCUT2D eigenvalue weighted by molar-refractivity contribution is 0.355. The van der Waals surface area contributed by atoms with Gasteiger partial charge in [0, 0.05) is 23.7 Å². The van der Waals surface area contributed by atoms with Gasteiger partial charge in [-0.3, -0.25) is 9.13 Å².